The van der Waals surface area contributed by atoms with Crippen molar-refractivity contribution in [2.24, 2.45) is 12.5 Å². The first kappa shape index (κ1) is 18.4. The molecule has 0 unspecified atom stereocenters. The topological polar surface area (TPSA) is 59.8 Å². The lowest BCUT2D eigenvalue weighted by Gasteiger charge is -2.29. The lowest BCUT2D eigenvalue weighted by molar-refractivity contribution is 0.0930. The van der Waals surface area contributed by atoms with E-state index in [0.717, 1.165) is 24.8 Å². The Morgan fingerprint density at radius 1 is 1.14 bits per heavy atom. The number of amides is 1. The van der Waals surface area contributed by atoms with Crippen molar-refractivity contribution in [3.05, 3.63) is 72.2 Å². The normalized spacial score (nSPS) is 15.5. The summed E-state index contributed by atoms with van der Waals surface area (Å²) in [4.78, 5) is 17.2. The molecule has 0 spiro atoms. The van der Waals surface area contributed by atoms with E-state index in [9.17, 15) is 4.79 Å². The van der Waals surface area contributed by atoms with Gasteiger partial charge in [-0.1, -0.05) is 43.2 Å². The summed E-state index contributed by atoms with van der Waals surface area (Å²) >= 11 is 0. The molecule has 0 aliphatic heterocycles. The number of carbonyl (C=O) groups excluding carboxylic acids is 1. The highest BCUT2D eigenvalue weighted by Crippen LogP contribution is 2.40. The van der Waals surface area contributed by atoms with E-state index in [1.54, 1.807) is 23.3 Å². The minimum absolute atomic E-state index is 0.0636. The second-order valence-corrected chi connectivity index (χ2v) is 7.86. The van der Waals surface area contributed by atoms with Gasteiger partial charge in [-0.05, 0) is 42.4 Å². The molecule has 5 heteroatoms. The average Bonchev–Trinajstić information content (AvgIpc) is 3.35. The zero-order valence-corrected chi connectivity index (χ0v) is 16.3. The summed E-state index contributed by atoms with van der Waals surface area (Å²) in [6, 6.07) is 14.4. The lowest BCUT2D eigenvalue weighted by atomic mass is 9.80. The molecule has 1 amide bonds. The van der Waals surface area contributed by atoms with Crippen LogP contribution >= 0.6 is 0 Å². The quantitative estimate of drug-likeness (QED) is 0.709. The molecule has 5 nitrogen and oxygen atoms in total. The number of aromatic nitrogens is 3. The highest BCUT2D eigenvalue weighted by atomic mass is 16.1. The van der Waals surface area contributed by atoms with E-state index < -0.39 is 0 Å². The van der Waals surface area contributed by atoms with Gasteiger partial charge in [-0.3, -0.25) is 14.5 Å². The Morgan fingerprint density at radius 2 is 1.93 bits per heavy atom. The van der Waals surface area contributed by atoms with Gasteiger partial charge in [-0.15, -0.1) is 0 Å². The van der Waals surface area contributed by atoms with Gasteiger partial charge in [-0.25, -0.2) is 0 Å². The molecule has 0 bridgehead atoms. The van der Waals surface area contributed by atoms with Crippen molar-refractivity contribution in [3.63, 3.8) is 0 Å². The van der Waals surface area contributed by atoms with Crippen LogP contribution in [0.1, 0.15) is 41.6 Å². The van der Waals surface area contributed by atoms with Crippen LogP contribution in [-0.4, -0.2) is 27.2 Å². The number of carbonyl (C=O) groups is 1. The average molecular weight is 374 g/mol. The van der Waals surface area contributed by atoms with Crippen LogP contribution in [0.3, 0.4) is 0 Å². The van der Waals surface area contributed by atoms with E-state index >= 15 is 0 Å². The lowest BCUT2D eigenvalue weighted by Crippen LogP contribution is -2.37. The van der Waals surface area contributed by atoms with Crippen LogP contribution in [0.5, 0.6) is 0 Å². The molecule has 28 heavy (non-hydrogen) atoms. The fraction of sp³-hybridized carbons (Fsp3) is 0.348. The Kier molecular flexibility index (Phi) is 5.24. The molecule has 1 fully saturated rings. The predicted molar refractivity (Wildman–Crippen MR) is 110 cm³/mol. The third kappa shape index (κ3) is 3.98. The minimum Gasteiger partial charge on any atom is -0.351 e. The number of hydrogen-bond donors (Lipinski definition) is 1. The maximum Gasteiger partial charge on any atom is 0.255 e. The number of nitrogens with one attached hydrogen (secondary N) is 1. The van der Waals surface area contributed by atoms with Crippen molar-refractivity contribution in [2.45, 2.75) is 32.1 Å². The van der Waals surface area contributed by atoms with Gasteiger partial charge >= 0.3 is 0 Å². The van der Waals surface area contributed by atoms with E-state index in [1.165, 1.54) is 18.4 Å². The molecule has 144 valence electrons. The Labute approximate surface area is 165 Å². The molecule has 0 radical (unpaired) electrons. The van der Waals surface area contributed by atoms with Crippen LogP contribution in [0, 0.1) is 5.41 Å². The van der Waals surface area contributed by atoms with Gasteiger partial charge in [0.15, 0.2) is 0 Å². The highest BCUT2D eigenvalue weighted by molar-refractivity contribution is 5.99. The van der Waals surface area contributed by atoms with Crippen LogP contribution in [-0.2, 0) is 13.5 Å². The largest absolute Gasteiger partial charge is 0.351 e. The molecule has 1 N–H and O–H groups in total. The zero-order valence-electron chi connectivity index (χ0n) is 16.3. The fourth-order valence-electron chi connectivity index (χ4n) is 4.30. The monoisotopic (exact) mass is 374 g/mol. The molecule has 1 saturated carbocycles. The minimum atomic E-state index is -0.0636. The summed E-state index contributed by atoms with van der Waals surface area (Å²) in [6.45, 7) is 0.697. The summed E-state index contributed by atoms with van der Waals surface area (Å²) in [5.74, 6) is -0.0636. The van der Waals surface area contributed by atoms with Crippen LogP contribution in [0.25, 0.3) is 11.3 Å². The van der Waals surface area contributed by atoms with Crippen LogP contribution in [0.4, 0.5) is 0 Å². The molecule has 2 aromatic heterocycles. The maximum absolute atomic E-state index is 13.0. The standard InChI is InChI=1S/C23H26N4O/c1-27-16-20(21(26-27)19-10-7-13-24-15-19)22(28)25-17-23(11-5-6-12-23)14-18-8-3-2-4-9-18/h2-4,7-10,13,15-16H,5-6,11-12,14,17H2,1H3,(H,25,28). The van der Waals surface area contributed by atoms with Crippen LogP contribution in [0.2, 0.25) is 0 Å². The number of hydrogen-bond acceptors (Lipinski definition) is 3. The maximum atomic E-state index is 13.0. The van der Waals surface area contributed by atoms with Crippen molar-refractivity contribution in [2.75, 3.05) is 6.54 Å². The van der Waals surface area contributed by atoms with Crippen molar-refractivity contribution in [1.29, 1.82) is 0 Å². The summed E-state index contributed by atoms with van der Waals surface area (Å²) in [6.07, 6.45) is 11.0. The summed E-state index contributed by atoms with van der Waals surface area (Å²) in [7, 11) is 1.84. The number of nitrogens with zero attached hydrogens (tertiary/aromatic N) is 3. The van der Waals surface area contributed by atoms with E-state index in [4.69, 9.17) is 0 Å². The highest BCUT2D eigenvalue weighted by Gasteiger charge is 2.34. The van der Waals surface area contributed by atoms with E-state index in [0.29, 0.717) is 17.8 Å². The molecule has 2 heterocycles. The van der Waals surface area contributed by atoms with Gasteiger partial charge in [0, 0.05) is 37.7 Å². The molecular formula is C23H26N4O. The Morgan fingerprint density at radius 3 is 2.64 bits per heavy atom. The Balaban J connectivity index is 1.51. The van der Waals surface area contributed by atoms with Crippen molar-refractivity contribution >= 4 is 5.91 Å². The second kappa shape index (κ2) is 7.97. The molecule has 1 aromatic carbocycles. The third-order valence-electron chi connectivity index (χ3n) is 5.72. The van der Waals surface area contributed by atoms with Crippen molar-refractivity contribution in [1.82, 2.24) is 20.1 Å². The zero-order chi connectivity index (χ0) is 19.4. The first-order valence-electron chi connectivity index (χ1n) is 9.91. The molecular weight excluding hydrogens is 348 g/mol. The van der Waals surface area contributed by atoms with Crippen LogP contribution in [0.15, 0.2) is 61.1 Å². The Bertz CT molecular complexity index is 928. The number of pyridine rings is 1. The molecule has 1 aliphatic rings. The fourth-order valence-corrected chi connectivity index (χ4v) is 4.30. The van der Waals surface area contributed by atoms with Gasteiger partial charge in [0.2, 0.25) is 0 Å². The van der Waals surface area contributed by atoms with E-state index in [-0.39, 0.29) is 11.3 Å². The first-order chi connectivity index (χ1) is 13.7. The molecule has 0 saturated heterocycles. The smallest absolute Gasteiger partial charge is 0.255 e. The Hall–Kier alpha value is -2.95. The SMILES string of the molecule is Cn1cc(C(=O)NCC2(Cc3ccccc3)CCCC2)c(-c2cccnc2)n1. The van der Waals surface area contributed by atoms with E-state index in [1.807, 2.05) is 19.2 Å². The second-order valence-electron chi connectivity index (χ2n) is 7.86. The number of benzene rings is 1. The summed E-state index contributed by atoms with van der Waals surface area (Å²) in [5, 5.41) is 7.70. The van der Waals surface area contributed by atoms with Gasteiger partial charge in [0.25, 0.3) is 5.91 Å². The van der Waals surface area contributed by atoms with Gasteiger partial charge in [0.1, 0.15) is 5.69 Å². The van der Waals surface area contributed by atoms with Crippen molar-refractivity contribution in [3.8, 4) is 11.3 Å². The van der Waals surface area contributed by atoms with E-state index in [2.05, 4.69) is 45.7 Å². The third-order valence-corrected chi connectivity index (χ3v) is 5.72. The van der Waals surface area contributed by atoms with Gasteiger partial charge < -0.3 is 5.32 Å². The first-order valence-corrected chi connectivity index (χ1v) is 9.91. The predicted octanol–water partition coefficient (Wildman–Crippen LogP) is 4.02. The van der Waals surface area contributed by atoms with Gasteiger partial charge in [0.05, 0.1) is 5.56 Å². The summed E-state index contributed by atoms with van der Waals surface area (Å²) < 4.78 is 1.69. The molecule has 3 aromatic rings. The molecule has 0 atom stereocenters. The van der Waals surface area contributed by atoms with Crippen LogP contribution < -0.4 is 5.32 Å². The van der Waals surface area contributed by atoms with Gasteiger partial charge in [-0.2, -0.15) is 5.10 Å². The summed E-state index contributed by atoms with van der Waals surface area (Å²) in [5.41, 5.74) is 3.62. The number of rotatable bonds is 6. The molecule has 4 rings (SSSR count). The molecule has 1 aliphatic carbocycles. The van der Waals surface area contributed by atoms with Crippen molar-refractivity contribution < 1.29 is 4.79 Å². The number of aryl methyl sites for hydroxylation is 1.